The Kier molecular flexibility index (Phi) is 2.07. The van der Waals surface area contributed by atoms with E-state index in [1.807, 2.05) is 0 Å². The first-order valence-electron chi connectivity index (χ1n) is 5.27. The minimum absolute atomic E-state index is 0.110. The number of rotatable bonds is 1. The van der Waals surface area contributed by atoms with E-state index in [0.717, 1.165) is 19.5 Å². The lowest BCUT2D eigenvalue weighted by Gasteiger charge is -2.08. The number of halogens is 1. The zero-order valence-electron chi connectivity index (χ0n) is 8.57. The molecule has 2 heterocycles. The van der Waals surface area contributed by atoms with Crippen LogP contribution in [0.4, 0.5) is 4.39 Å². The SMILES string of the molecule is O=c1oc2cc(F)ccc2n1C1CCNC1. The molecule has 1 atom stereocenters. The first-order chi connectivity index (χ1) is 7.75. The quantitative estimate of drug-likeness (QED) is 0.790. The number of nitrogens with zero attached hydrogens (tertiary/aromatic N) is 1. The van der Waals surface area contributed by atoms with Crippen molar-refractivity contribution in [3.05, 3.63) is 34.6 Å². The maximum absolute atomic E-state index is 13.0. The van der Waals surface area contributed by atoms with Crippen molar-refractivity contribution in [1.82, 2.24) is 9.88 Å². The predicted octanol–water partition coefficient (Wildman–Crippen LogP) is 1.27. The van der Waals surface area contributed by atoms with Gasteiger partial charge >= 0.3 is 5.76 Å². The number of nitrogens with one attached hydrogen (secondary N) is 1. The van der Waals surface area contributed by atoms with E-state index >= 15 is 0 Å². The molecule has 84 valence electrons. The van der Waals surface area contributed by atoms with Gasteiger partial charge in [-0.05, 0) is 25.1 Å². The normalized spacial score (nSPS) is 20.7. The van der Waals surface area contributed by atoms with E-state index in [9.17, 15) is 9.18 Å². The van der Waals surface area contributed by atoms with Crippen LogP contribution in [0, 0.1) is 5.82 Å². The fourth-order valence-corrected chi connectivity index (χ4v) is 2.22. The van der Waals surface area contributed by atoms with E-state index < -0.39 is 11.6 Å². The molecule has 1 saturated heterocycles. The number of aromatic nitrogens is 1. The van der Waals surface area contributed by atoms with Gasteiger partial charge in [-0.15, -0.1) is 0 Å². The highest BCUT2D eigenvalue weighted by atomic mass is 19.1. The Bertz CT molecular complexity index is 581. The highest BCUT2D eigenvalue weighted by Crippen LogP contribution is 2.21. The molecule has 16 heavy (non-hydrogen) atoms. The van der Waals surface area contributed by atoms with Crippen LogP contribution in [0.5, 0.6) is 0 Å². The Balaban J connectivity index is 2.23. The number of hydrogen-bond donors (Lipinski definition) is 1. The van der Waals surface area contributed by atoms with Crippen LogP contribution in [0.2, 0.25) is 0 Å². The maximum atomic E-state index is 13.0. The highest BCUT2D eigenvalue weighted by Gasteiger charge is 2.22. The van der Waals surface area contributed by atoms with E-state index in [1.54, 1.807) is 10.6 Å². The summed E-state index contributed by atoms with van der Waals surface area (Å²) in [5, 5.41) is 3.19. The van der Waals surface area contributed by atoms with Gasteiger partial charge in [0.2, 0.25) is 0 Å². The Labute approximate surface area is 90.7 Å². The van der Waals surface area contributed by atoms with Crippen LogP contribution >= 0.6 is 0 Å². The molecule has 0 saturated carbocycles. The lowest BCUT2D eigenvalue weighted by molar-refractivity contribution is 0.459. The highest BCUT2D eigenvalue weighted by molar-refractivity contribution is 5.73. The number of oxazole rings is 1. The molecule has 0 bridgehead atoms. The molecule has 1 unspecified atom stereocenters. The molecule has 0 radical (unpaired) electrons. The molecule has 1 N–H and O–H groups in total. The van der Waals surface area contributed by atoms with Gasteiger partial charge in [0.1, 0.15) is 5.82 Å². The zero-order chi connectivity index (χ0) is 11.1. The maximum Gasteiger partial charge on any atom is 0.420 e. The molecule has 1 fully saturated rings. The van der Waals surface area contributed by atoms with Gasteiger partial charge < -0.3 is 9.73 Å². The fourth-order valence-electron chi connectivity index (χ4n) is 2.22. The van der Waals surface area contributed by atoms with Crippen LogP contribution in [0.15, 0.2) is 27.4 Å². The van der Waals surface area contributed by atoms with Gasteiger partial charge in [-0.2, -0.15) is 0 Å². The van der Waals surface area contributed by atoms with Crippen LogP contribution in [0.25, 0.3) is 11.1 Å². The lowest BCUT2D eigenvalue weighted by atomic mass is 10.2. The van der Waals surface area contributed by atoms with Gasteiger partial charge in [0.25, 0.3) is 0 Å². The second-order valence-corrected chi connectivity index (χ2v) is 4.00. The Morgan fingerprint density at radius 3 is 3.12 bits per heavy atom. The van der Waals surface area contributed by atoms with Crippen molar-refractivity contribution in [3.63, 3.8) is 0 Å². The minimum Gasteiger partial charge on any atom is -0.408 e. The van der Waals surface area contributed by atoms with Gasteiger partial charge in [0, 0.05) is 12.6 Å². The van der Waals surface area contributed by atoms with Crippen molar-refractivity contribution < 1.29 is 8.81 Å². The predicted molar refractivity (Wildman–Crippen MR) is 57.0 cm³/mol. The van der Waals surface area contributed by atoms with E-state index in [1.165, 1.54) is 12.1 Å². The van der Waals surface area contributed by atoms with Gasteiger partial charge in [-0.25, -0.2) is 9.18 Å². The minimum atomic E-state index is -0.408. The van der Waals surface area contributed by atoms with Gasteiger partial charge in [-0.1, -0.05) is 0 Å². The summed E-state index contributed by atoms with van der Waals surface area (Å²) in [6.07, 6.45) is 0.895. The van der Waals surface area contributed by atoms with Crippen molar-refractivity contribution in [2.24, 2.45) is 0 Å². The average Bonchev–Trinajstić information content (AvgIpc) is 2.83. The Morgan fingerprint density at radius 1 is 1.50 bits per heavy atom. The number of fused-ring (bicyclic) bond motifs is 1. The topological polar surface area (TPSA) is 47.2 Å². The smallest absolute Gasteiger partial charge is 0.408 e. The standard InChI is InChI=1S/C11H11FN2O2/c12-7-1-2-9-10(5-7)16-11(15)14(9)8-3-4-13-6-8/h1-2,5,8,13H,3-4,6H2. The Hall–Kier alpha value is -1.62. The number of benzene rings is 1. The largest absolute Gasteiger partial charge is 0.420 e. The first-order valence-corrected chi connectivity index (χ1v) is 5.27. The van der Waals surface area contributed by atoms with Gasteiger partial charge in [-0.3, -0.25) is 4.57 Å². The summed E-state index contributed by atoms with van der Waals surface area (Å²) in [6.45, 7) is 1.65. The average molecular weight is 222 g/mol. The molecule has 1 aromatic heterocycles. The second-order valence-electron chi connectivity index (χ2n) is 4.00. The summed E-state index contributed by atoms with van der Waals surface area (Å²) in [4.78, 5) is 11.7. The van der Waals surface area contributed by atoms with E-state index in [0.29, 0.717) is 11.1 Å². The molecular formula is C11H11FN2O2. The lowest BCUT2D eigenvalue weighted by Crippen LogP contribution is -2.22. The molecular weight excluding hydrogens is 211 g/mol. The summed E-state index contributed by atoms with van der Waals surface area (Å²) in [7, 11) is 0. The monoisotopic (exact) mass is 222 g/mol. The van der Waals surface area contributed by atoms with Crippen LogP contribution in [0.3, 0.4) is 0 Å². The second kappa shape index (κ2) is 3.45. The fraction of sp³-hybridized carbons (Fsp3) is 0.364. The third-order valence-corrected chi connectivity index (χ3v) is 2.97. The summed E-state index contributed by atoms with van der Waals surface area (Å²) >= 11 is 0. The van der Waals surface area contributed by atoms with Gasteiger partial charge in [0.05, 0.1) is 11.6 Å². The van der Waals surface area contributed by atoms with Crippen LogP contribution in [0.1, 0.15) is 12.5 Å². The van der Waals surface area contributed by atoms with Crippen molar-refractivity contribution >= 4 is 11.1 Å². The summed E-state index contributed by atoms with van der Waals surface area (Å²) in [6, 6.07) is 4.29. The Morgan fingerprint density at radius 2 is 2.38 bits per heavy atom. The molecule has 3 rings (SSSR count). The molecule has 1 aromatic carbocycles. The zero-order valence-corrected chi connectivity index (χ0v) is 8.57. The van der Waals surface area contributed by atoms with Crippen LogP contribution in [-0.2, 0) is 0 Å². The van der Waals surface area contributed by atoms with E-state index in [4.69, 9.17) is 4.42 Å². The number of hydrogen-bond acceptors (Lipinski definition) is 3. The molecule has 2 aromatic rings. The van der Waals surface area contributed by atoms with Crippen molar-refractivity contribution in [1.29, 1.82) is 0 Å². The molecule has 0 amide bonds. The molecule has 4 nitrogen and oxygen atoms in total. The van der Waals surface area contributed by atoms with Crippen molar-refractivity contribution in [2.45, 2.75) is 12.5 Å². The van der Waals surface area contributed by atoms with Crippen LogP contribution in [-0.4, -0.2) is 17.7 Å². The summed E-state index contributed by atoms with van der Waals surface area (Å²) in [5.41, 5.74) is 0.983. The molecule has 0 spiro atoms. The molecule has 5 heteroatoms. The van der Waals surface area contributed by atoms with Gasteiger partial charge in [0.15, 0.2) is 5.58 Å². The third kappa shape index (κ3) is 1.36. The molecule has 1 aliphatic rings. The van der Waals surface area contributed by atoms with Crippen molar-refractivity contribution in [2.75, 3.05) is 13.1 Å². The molecule has 1 aliphatic heterocycles. The molecule has 0 aliphatic carbocycles. The van der Waals surface area contributed by atoms with E-state index in [-0.39, 0.29) is 6.04 Å². The first kappa shape index (κ1) is 9.59. The third-order valence-electron chi connectivity index (χ3n) is 2.97. The van der Waals surface area contributed by atoms with Crippen molar-refractivity contribution in [3.8, 4) is 0 Å². The van der Waals surface area contributed by atoms with Crippen LogP contribution < -0.4 is 11.1 Å². The summed E-state index contributed by atoms with van der Waals surface area (Å²) < 4.78 is 19.6. The summed E-state index contributed by atoms with van der Waals surface area (Å²) in [5.74, 6) is -0.799. The van der Waals surface area contributed by atoms with E-state index in [2.05, 4.69) is 5.32 Å².